The van der Waals surface area contributed by atoms with Crippen LogP contribution < -0.4 is 5.32 Å². The Morgan fingerprint density at radius 1 is 1.45 bits per heavy atom. The Balaban J connectivity index is 1.58. The first-order valence-electron chi connectivity index (χ1n) is 8.22. The standard InChI is InChI=1S/C17H28N2O/c1-14(7-8-16-6-5-11-20-16)19-13-17(9-3-4-10-17)18-12-15(19)2/h5-6,11,14-15,18H,3-4,7-10,12-13H2,1-2H3. The van der Waals surface area contributed by atoms with E-state index >= 15 is 0 Å². The summed E-state index contributed by atoms with van der Waals surface area (Å²) in [5.41, 5.74) is 0.422. The van der Waals surface area contributed by atoms with Crippen LogP contribution in [0.3, 0.4) is 0 Å². The molecule has 112 valence electrons. The highest BCUT2D eigenvalue weighted by Gasteiger charge is 2.40. The summed E-state index contributed by atoms with van der Waals surface area (Å²) in [6, 6.07) is 5.36. The predicted octanol–water partition coefficient (Wildman–Crippen LogP) is 3.21. The molecule has 2 aliphatic rings. The van der Waals surface area contributed by atoms with Crippen LogP contribution in [0, 0.1) is 0 Å². The number of aryl methyl sites for hydroxylation is 1. The van der Waals surface area contributed by atoms with Crippen LogP contribution in [0.1, 0.15) is 51.7 Å². The lowest BCUT2D eigenvalue weighted by molar-refractivity contribution is 0.0533. The highest BCUT2D eigenvalue weighted by Crippen LogP contribution is 2.34. The number of furan rings is 1. The molecule has 0 aromatic carbocycles. The molecule has 1 aromatic rings. The summed E-state index contributed by atoms with van der Waals surface area (Å²) < 4.78 is 5.46. The maximum Gasteiger partial charge on any atom is 0.103 e. The van der Waals surface area contributed by atoms with Gasteiger partial charge in [0.05, 0.1) is 6.26 Å². The molecule has 2 heterocycles. The third kappa shape index (κ3) is 2.94. The zero-order chi connectivity index (χ0) is 14.0. The first kappa shape index (κ1) is 14.2. The molecule has 0 amide bonds. The molecule has 1 spiro atoms. The fourth-order valence-electron chi connectivity index (χ4n) is 3.99. The molecule has 2 atom stereocenters. The molecule has 2 fully saturated rings. The van der Waals surface area contributed by atoms with E-state index in [0.717, 1.165) is 18.7 Å². The van der Waals surface area contributed by atoms with Crippen LogP contribution in [-0.4, -0.2) is 35.6 Å². The lowest BCUT2D eigenvalue weighted by Crippen LogP contribution is -2.64. The van der Waals surface area contributed by atoms with Crippen LogP contribution in [0.25, 0.3) is 0 Å². The smallest absolute Gasteiger partial charge is 0.103 e. The van der Waals surface area contributed by atoms with Crippen molar-refractivity contribution in [1.29, 1.82) is 0 Å². The molecule has 20 heavy (non-hydrogen) atoms. The summed E-state index contributed by atoms with van der Waals surface area (Å²) in [6.45, 7) is 7.12. The molecule has 2 unspecified atom stereocenters. The molecule has 0 radical (unpaired) electrons. The monoisotopic (exact) mass is 276 g/mol. The maximum atomic E-state index is 5.46. The molecular formula is C17H28N2O. The number of hydrogen-bond donors (Lipinski definition) is 1. The van der Waals surface area contributed by atoms with Gasteiger partial charge in [-0.25, -0.2) is 0 Å². The first-order chi connectivity index (χ1) is 9.69. The molecule has 1 aliphatic carbocycles. The Labute approximate surface area is 122 Å². The minimum absolute atomic E-state index is 0.422. The number of nitrogens with zero attached hydrogens (tertiary/aromatic N) is 1. The SMILES string of the molecule is CC(CCc1ccco1)N1CC2(CCCC2)NCC1C. The number of nitrogens with one attached hydrogen (secondary N) is 1. The second-order valence-corrected chi connectivity index (χ2v) is 6.86. The lowest BCUT2D eigenvalue weighted by atomic mass is 9.91. The van der Waals surface area contributed by atoms with Gasteiger partial charge in [0.2, 0.25) is 0 Å². The normalized spacial score (nSPS) is 28.0. The number of rotatable bonds is 4. The average molecular weight is 276 g/mol. The van der Waals surface area contributed by atoms with Crippen molar-refractivity contribution < 1.29 is 4.42 Å². The van der Waals surface area contributed by atoms with E-state index in [1.54, 1.807) is 6.26 Å². The van der Waals surface area contributed by atoms with Gasteiger partial charge in [-0.05, 0) is 45.2 Å². The van der Waals surface area contributed by atoms with Gasteiger partial charge in [-0.15, -0.1) is 0 Å². The zero-order valence-corrected chi connectivity index (χ0v) is 12.9. The van der Waals surface area contributed by atoms with Crippen molar-refractivity contribution in [2.24, 2.45) is 0 Å². The molecule has 1 aliphatic heterocycles. The molecule has 1 aromatic heterocycles. The van der Waals surface area contributed by atoms with Gasteiger partial charge in [0.25, 0.3) is 0 Å². The maximum absolute atomic E-state index is 5.46. The minimum atomic E-state index is 0.422. The summed E-state index contributed by atoms with van der Waals surface area (Å²) >= 11 is 0. The van der Waals surface area contributed by atoms with Crippen LogP contribution in [-0.2, 0) is 6.42 Å². The van der Waals surface area contributed by atoms with Gasteiger partial charge < -0.3 is 9.73 Å². The van der Waals surface area contributed by atoms with Gasteiger partial charge >= 0.3 is 0 Å². The first-order valence-corrected chi connectivity index (χ1v) is 8.22. The quantitative estimate of drug-likeness (QED) is 0.915. The van der Waals surface area contributed by atoms with Crippen molar-refractivity contribution in [3.8, 4) is 0 Å². The van der Waals surface area contributed by atoms with Gasteiger partial charge in [-0.1, -0.05) is 12.8 Å². The van der Waals surface area contributed by atoms with Crippen LogP contribution in [0.4, 0.5) is 0 Å². The fourth-order valence-corrected chi connectivity index (χ4v) is 3.99. The van der Waals surface area contributed by atoms with Crippen molar-refractivity contribution in [2.75, 3.05) is 13.1 Å². The van der Waals surface area contributed by atoms with E-state index < -0.39 is 0 Å². The van der Waals surface area contributed by atoms with Crippen molar-refractivity contribution >= 4 is 0 Å². The Kier molecular flexibility index (Phi) is 4.18. The molecule has 1 N–H and O–H groups in total. The molecule has 0 bridgehead atoms. The topological polar surface area (TPSA) is 28.4 Å². The molecule has 1 saturated carbocycles. The van der Waals surface area contributed by atoms with E-state index in [-0.39, 0.29) is 0 Å². The third-order valence-corrected chi connectivity index (χ3v) is 5.34. The van der Waals surface area contributed by atoms with Gasteiger partial charge in [0.15, 0.2) is 0 Å². The Morgan fingerprint density at radius 2 is 2.25 bits per heavy atom. The summed E-state index contributed by atoms with van der Waals surface area (Å²) in [5, 5.41) is 3.84. The van der Waals surface area contributed by atoms with Crippen molar-refractivity contribution in [3.05, 3.63) is 24.2 Å². The third-order valence-electron chi connectivity index (χ3n) is 5.34. The Bertz CT molecular complexity index is 409. The summed E-state index contributed by atoms with van der Waals surface area (Å²) in [4.78, 5) is 2.73. The fraction of sp³-hybridized carbons (Fsp3) is 0.765. The van der Waals surface area contributed by atoms with Crippen LogP contribution in [0.15, 0.2) is 22.8 Å². The van der Waals surface area contributed by atoms with Crippen LogP contribution >= 0.6 is 0 Å². The van der Waals surface area contributed by atoms with Gasteiger partial charge in [0.1, 0.15) is 5.76 Å². The van der Waals surface area contributed by atoms with E-state index in [1.807, 2.05) is 6.07 Å². The number of piperazine rings is 1. The van der Waals surface area contributed by atoms with Crippen LogP contribution in [0.2, 0.25) is 0 Å². The molecular weight excluding hydrogens is 248 g/mol. The van der Waals surface area contributed by atoms with E-state index in [0.29, 0.717) is 17.6 Å². The van der Waals surface area contributed by atoms with E-state index in [9.17, 15) is 0 Å². The zero-order valence-electron chi connectivity index (χ0n) is 12.9. The second kappa shape index (κ2) is 5.90. The van der Waals surface area contributed by atoms with E-state index in [2.05, 4.69) is 30.1 Å². The highest BCUT2D eigenvalue weighted by atomic mass is 16.3. The molecule has 3 nitrogen and oxygen atoms in total. The molecule has 1 saturated heterocycles. The number of hydrogen-bond acceptors (Lipinski definition) is 3. The van der Waals surface area contributed by atoms with E-state index in [1.165, 1.54) is 38.6 Å². The van der Waals surface area contributed by atoms with Crippen molar-refractivity contribution in [2.45, 2.75) is 70.0 Å². The summed E-state index contributed by atoms with van der Waals surface area (Å²) in [5.74, 6) is 1.12. The largest absolute Gasteiger partial charge is 0.469 e. The van der Waals surface area contributed by atoms with Gasteiger partial charge in [-0.2, -0.15) is 0 Å². The van der Waals surface area contributed by atoms with Gasteiger partial charge in [0, 0.05) is 37.1 Å². The van der Waals surface area contributed by atoms with E-state index in [4.69, 9.17) is 4.42 Å². The molecule has 3 rings (SSSR count). The Hall–Kier alpha value is -0.800. The van der Waals surface area contributed by atoms with Crippen molar-refractivity contribution in [1.82, 2.24) is 10.2 Å². The Morgan fingerprint density at radius 3 is 2.95 bits per heavy atom. The lowest BCUT2D eigenvalue weighted by Gasteiger charge is -2.48. The second-order valence-electron chi connectivity index (χ2n) is 6.86. The van der Waals surface area contributed by atoms with Gasteiger partial charge in [-0.3, -0.25) is 4.90 Å². The molecule has 3 heteroatoms. The summed E-state index contributed by atoms with van der Waals surface area (Å²) in [6.07, 6.45) is 9.54. The predicted molar refractivity (Wildman–Crippen MR) is 81.9 cm³/mol. The summed E-state index contributed by atoms with van der Waals surface area (Å²) in [7, 11) is 0. The average Bonchev–Trinajstić information content (AvgIpc) is 3.11. The van der Waals surface area contributed by atoms with Crippen molar-refractivity contribution in [3.63, 3.8) is 0 Å². The minimum Gasteiger partial charge on any atom is -0.469 e. The highest BCUT2D eigenvalue weighted by molar-refractivity contribution is 5.02. The van der Waals surface area contributed by atoms with Crippen LogP contribution in [0.5, 0.6) is 0 Å².